The van der Waals surface area contributed by atoms with Gasteiger partial charge in [-0.05, 0) is 48.1 Å². The maximum Gasteiger partial charge on any atom is 0.282 e. The normalized spacial score (nSPS) is 17.0. The lowest BCUT2D eigenvalue weighted by atomic mass is 9.89. The number of hydrogen-bond donors (Lipinski definition) is 0. The van der Waals surface area contributed by atoms with Crippen LogP contribution in [0.25, 0.3) is 0 Å². The van der Waals surface area contributed by atoms with E-state index < -0.39 is 16.3 Å². The van der Waals surface area contributed by atoms with Crippen LogP contribution in [0.1, 0.15) is 49.4 Å². The summed E-state index contributed by atoms with van der Waals surface area (Å²) in [5.74, 6) is 1.27. The third kappa shape index (κ3) is 4.33. The second kappa shape index (κ2) is 9.81. The van der Waals surface area contributed by atoms with Crippen molar-refractivity contribution in [2.75, 3.05) is 33.9 Å². The number of fused-ring (bicyclic) bond motifs is 1. The Morgan fingerprint density at radius 3 is 2.17 bits per heavy atom. The molecular formula is C23H32N2O4S. The van der Waals surface area contributed by atoms with Crippen molar-refractivity contribution in [3.05, 3.63) is 59.2 Å². The molecule has 2 aromatic carbocycles. The van der Waals surface area contributed by atoms with E-state index in [2.05, 4.69) is 0 Å². The van der Waals surface area contributed by atoms with Gasteiger partial charge in [-0.1, -0.05) is 44.2 Å². The molecule has 0 radical (unpaired) electrons. The monoisotopic (exact) mass is 432 g/mol. The van der Waals surface area contributed by atoms with Gasteiger partial charge in [-0.2, -0.15) is 17.0 Å². The number of rotatable bonds is 9. The summed E-state index contributed by atoms with van der Waals surface area (Å²) in [6.45, 7) is 5.49. The minimum Gasteiger partial charge on any atom is -0.493 e. The van der Waals surface area contributed by atoms with E-state index in [0.717, 1.165) is 29.5 Å². The SMILES string of the molecule is CCCN(CCC)S(=O)(=O)N1CCc2cc(OC)c(OC)cc2C1c1ccccc1. The van der Waals surface area contributed by atoms with Crippen LogP contribution in [-0.4, -0.2) is 50.9 Å². The molecule has 164 valence electrons. The molecular weight excluding hydrogens is 400 g/mol. The van der Waals surface area contributed by atoms with E-state index in [1.54, 1.807) is 22.8 Å². The molecule has 0 N–H and O–H groups in total. The van der Waals surface area contributed by atoms with Gasteiger partial charge in [0, 0.05) is 19.6 Å². The summed E-state index contributed by atoms with van der Waals surface area (Å²) in [4.78, 5) is 0. The molecule has 0 saturated carbocycles. The van der Waals surface area contributed by atoms with E-state index in [-0.39, 0.29) is 0 Å². The first-order valence-electron chi connectivity index (χ1n) is 10.5. The standard InChI is InChI=1S/C23H32N2O4S/c1-5-13-24(14-6-2)30(26,27)25-15-12-19-16-21(28-3)22(29-4)17-20(19)23(25)18-10-8-7-9-11-18/h7-11,16-17,23H,5-6,12-15H2,1-4H3. The molecule has 1 unspecified atom stereocenters. The topological polar surface area (TPSA) is 59.1 Å². The van der Waals surface area contributed by atoms with Gasteiger partial charge >= 0.3 is 0 Å². The van der Waals surface area contributed by atoms with E-state index in [1.807, 2.05) is 56.3 Å². The molecule has 6 nitrogen and oxygen atoms in total. The van der Waals surface area contributed by atoms with Gasteiger partial charge in [0.2, 0.25) is 0 Å². The molecule has 1 heterocycles. The lowest BCUT2D eigenvalue weighted by Crippen LogP contribution is -2.48. The summed E-state index contributed by atoms with van der Waals surface area (Å²) in [5, 5.41) is 0. The Kier molecular flexibility index (Phi) is 7.39. The second-order valence-electron chi connectivity index (χ2n) is 7.49. The van der Waals surface area contributed by atoms with E-state index in [9.17, 15) is 8.42 Å². The number of methoxy groups -OCH3 is 2. The second-order valence-corrected chi connectivity index (χ2v) is 9.37. The zero-order valence-electron chi connectivity index (χ0n) is 18.3. The van der Waals surface area contributed by atoms with Crippen LogP contribution in [-0.2, 0) is 16.6 Å². The van der Waals surface area contributed by atoms with Gasteiger partial charge < -0.3 is 9.47 Å². The highest BCUT2D eigenvalue weighted by Crippen LogP contribution is 2.42. The summed E-state index contributed by atoms with van der Waals surface area (Å²) < 4.78 is 41.7. The lowest BCUT2D eigenvalue weighted by molar-refractivity contribution is 0.293. The highest BCUT2D eigenvalue weighted by molar-refractivity contribution is 7.86. The van der Waals surface area contributed by atoms with Gasteiger partial charge in [0.1, 0.15) is 0 Å². The van der Waals surface area contributed by atoms with E-state index in [0.29, 0.717) is 37.6 Å². The maximum absolute atomic E-state index is 13.7. The Morgan fingerprint density at radius 2 is 1.60 bits per heavy atom. The zero-order valence-corrected chi connectivity index (χ0v) is 19.1. The van der Waals surface area contributed by atoms with Gasteiger partial charge in [-0.15, -0.1) is 0 Å². The maximum atomic E-state index is 13.7. The Morgan fingerprint density at radius 1 is 1.00 bits per heavy atom. The van der Waals surface area contributed by atoms with Crippen molar-refractivity contribution in [1.82, 2.24) is 8.61 Å². The van der Waals surface area contributed by atoms with Crippen molar-refractivity contribution in [3.63, 3.8) is 0 Å². The molecule has 3 rings (SSSR count). The molecule has 0 fully saturated rings. The summed E-state index contributed by atoms with van der Waals surface area (Å²) in [6, 6.07) is 13.3. The molecule has 0 amide bonds. The summed E-state index contributed by atoms with van der Waals surface area (Å²) >= 11 is 0. The van der Waals surface area contributed by atoms with Gasteiger partial charge in [0.25, 0.3) is 10.2 Å². The molecule has 30 heavy (non-hydrogen) atoms. The molecule has 0 aliphatic carbocycles. The molecule has 0 saturated heterocycles. The van der Waals surface area contributed by atoms with Crippen molar-refractivity contribution < 1.29 is 17.9 Å². The first-order chi connectivity index (χ1) is 14.5. The summed E-state index contributed by atoms with van der Waals surface area (Å²) in [7, 11) is -0.412. The van der Waals surface area contributed by atoms with Gasteiger partial charge in [0.05, 0.1) is 20.3 Å². The zero-order chi connectivity index (χ0) is 21.7. The largest absolute Gasteiger partial charge is 0.493 e. The first-order valence-corrected chi connectivity index (χ1v) is 11.9. The smallest absolute Gasteiger partial charge is 0.282 e. The van der Waals surface area contributed by atoms with E-state index in [1.165, 1.54) is 0 Å². The summed E-state index contributed by atoms with van der Waals surface area (Å²) in [6.07, 6.45) is 2.19. The number of nitrogens with zero attached hydrogens (tertiary/aromatic N) is 2. The van der Waals surface area contributed by atoms with E-state index in [4.69, 9.17) is 9.47 Å². The van der Waals surface area contributed by atoms with Crippen LogP contribution in [0.2, 0.25) is 0 Å². The fourth-order valence-corrected chi connectivity index (χ4v) is 6.09. The molecule has 0 bridgehead atoms. The Labute approximate surface area is 180 Å². The highest BCUT2D eigenvalue weighted by atomic mass is 32.2. The predicted octanol–water partition coefficient (Wildman–Crippen LogP) is 4.02. The first kappa shape index (κ1) is 22.6. The van der Waals surface area contributed by atoms with Crippen molar-refractivity contribution in [2.45, 2.75) is 39.2 Å². The van der Waals surface area contributed by atoms with Gasteiger partial charge in [-0.25, -0.2) is 0 Å². The Balaban J connectivity index is 2.16. The molecule has 1 aliphatic rings. The fraction of sp³-hybridized carbons (Fsp3) is 0.478. The molecule has 0 spiro atoms. The van der Waals surface area contributed by atoms with Crippen LogP contribution >= 0.6 is 0 Å². The van der Waals surface area contributed by atoms with Crippen molar-refractivity contribution in [2.24, 2.45) is 0 Å². The van der Waals surface area contributed by atoms with Crippen LogP contribution in [0.5, 0.6) is 11.5 Å². The highest BCUT2D eigenvalue weighted by Gasteiger charge is 2.39. The van der Waals surface area contributed by atoms with Crippen LogP contribution < -0.4 is 9.47 Å². The molecule has 7 heteroatoms. The van der Waals surface area contributed by atoms with Gasteiger partial charge in [0.15, 0.2) is 11.5 Å². The minimum atomic E-state index is -3.63. The lowest BCUT2D eigenvalue weighted by Gasteiger charge is -2.39. The third-order valence-corrected chi connectivity index (χ3v) is 7.52. The van der Waals surface area contributed by atoms with Crippen LogP contribution in [0.15, 0.2) is 42.5 Å². The van der Waals surface area contributed by atoms with Crippen molar-refractivity contribution in [3.8, 4) is 11.5 Å². The minimum absolute atomic E-state index is 0.407. The van der Waals surface area contributed by atoms with Crippen molar-refractivity contribution in [1.29, 1.82) is 0 Å². The number of hydrogen-bond acceptors (Lipinski definition) is 4. The molecule has 2 aromatic rings. The molecule has 0 aromatic heterocycles. The quantitative estimate of drug-likeness (QED) is 0.601. The average Bonchev–Trinajstić information content (AvgIpc) is 2.77. The van der Waals surface area contributed by atoms with Crippen molar-refractivity contribution >= 4 is 10.2 Å². The fourth-order valence-electron chi connectivity index (χ4n) is 4.14. The number of benzene rings is 2. The number of ether oxygens (including phenoxy) is 2. The van der Waals surface area contributed by atoms with Crippen LogP contribution in [0.4, 0.5) is 0 Å². The van der Waals surface area contributed by atoms with Crippen LogP contribution in [0.3, 0.4) is 0 Å². The Bertz CT molecular complexity index is 941. The molecule has 1 aliphatic heterocycles. The van der Waals surface area contributed by atoms with E-state index >= 15 is 0 Å². The van der Waals surface area contributed by atoms with Crippen LogP contribution in [0, 0.1) is 0 Å². The average molecular weight is 433 g/mol. The molecule has 1 atom stereocenters. The third-order valence-electron chi connectivity index (χ3n) is 5.51. The predicted molar refractivity (Wildman–Crippen MR) is 119 cm³/mol. The summed E-state index contributed by atoms with van der Waals surface area (Å²) in [5.41, 5.74) is 2.98. The Hall–Kier alpha value is -2.09. The van der Waals surface area contributed by atoms with Gasteiger partial charge in [-0.3, -0.25) is 0 Å².